The first-order valence-electron chi connectivity index (χ1n) is 1.58. The van der Waals surface area contributed by atoms with Crippen molar-refractivity contribution in [1.29, 1.82) is 0 Å². The van der Waals surface area contributed by atoms with E-state index < -0.39 is 0 Å². The number of hydrogen-bond acceptors (Lipinski definition) is 3. The van der Waals surface area contributed by atoms with Crippen LogP contribution in [0.1, 0.15) is 0 Å². The summed E-state index contributed by atoms with van der Waals surface area (Å²) in [4.78, 5) is 0. The quantitative estimate of drug-likeness (QED) is 0.418. The maximum absolute atomic E-state index is 3.42. The van der Waals surface area contributed by atoms with Gasteiger partial charge in [0, 0.05) is 0 Å². The maximum atomic E-state index is 3.42. The zero-order valence-corrected chi connectivity index (χ0v) is 5.21. The third-order valence-electron chi connectivity index (χ3n) is 0.409. The van der Waals surface area contributed by atoms with Gasteiger partial charge in [-0.15, -0.1) is 10.2 Å². The van der Waals surface area contributed by atoms with Crippen LogP contribution >= 0.6 is 0 Å². The van der Waals surface area contributed by atoms with Gasteiger partial charge in [0.25, 0.3) is 0 Å². The topological polar surface area (TPSA) is 75.2 Å². The van der Waals surface area contributed by atoms with Crippen molar-refractivity contribution in [3.63, 3.8) is 0 Å². The minimum absolute atomic E-state index is 0. The molecule has 0 unspecified atom stereocenters. The Morgan fingerprint density at radius 2 is 1.50 bits per heavy atom. The molecule has 0 saturated heterocycles. The summed E-state index contributed by atoms with van der Waals surface area (Å²) < 4.78 is 0. The van der Waals surface area contributed by atoms with E-state index in [-0.39, 0.29) is 18.6 Å². The average molecular weight is 135 g/mol. The van der Waals surface area contributed by atoms with Crippen molar-refractivity contribution in [2.24, 2.45) is 0 Å². The molecule has 0 aliphatic rings. The predicted molar refractivity (Wildman–Crippen MR) is 25.8 cm³/mol. The van der Waals surface area contributed by atoms with Gasteiger partial charge in [0.1, 0.15) is 0 Å². The number of hydrogen-bond donors (Lipinski definition) is 1. The molecule has 0 radical (unpaired) electrons. The Labute approximate surface area is 53.3 Å². The average Bonchev–Trinajstić information content (AvgIpc) is 1.72. The summed E-state index contributed by atoms with van der Waals surface area (Å²) >= 11 is 0. The van der Waals surface area contributed by atoms with Gasteiger partial charge in [0.05, 0.1) is 12.4 Å². The SMILES string of the molecule is [Cl-].[NH4+].c1cnnnc1. The molecule has 1 rings (SSSR count). The highest BCUT2D eigenvalue weighted by molar-refractivity contribution is 4.69. The fourth-order valence-corrected chi connectivity index (χ4v) is 0.205. The van der Waals surface area contributed by atoms with Crippen molar-refractivity contribution < 1.29 is 12.4 Å². The molecule has 0 aliphatic carbocycles. The molecule has 0 saturated carbocycles. The first-order valence-corrected chi connectivity index (χ1v) is 1.58. The number of nitrogens with zero attached hydrogens (tertiary/aromatic N) is 3. The van der Waals surface area contributed by atoms with Gasteiger partial charge in [-0.05, 0) is 11.3 Å². The second kappa shape index (κ2) is 6.26. The summed E-state index contributed by atoms with van der Waals surface area (Å²) in [5, 5.41) is 10.1. The molecule has 0 amide bonds. The molecule has 8 heavy (non-hydrogen) atoms. The van der Waals surface area contributed by atoms with E-state index in [1.807, 2.05) is 0 Å². The van der Waals surface area contributed by atoms with Crippen molar-refractivity contribution in [1.82, 2.24) is 21.6 Å². The van der Waals surface area contributed by atoms with Gasteiger partial charge in [0.15, 0.2) is 0 Å². The minimum atomic E-state index is 0. The van der Waals surface area contributed by atoms with Crippen LogP contribution in [0.25, 0.3) is 0 Å². The van der Waals surface area contributed by atoms with Crippen LogP contribution in [0.5, 0.6) is 0 Å². The van der Waals surface area contributed by atoms with Crippen LogP contribution in [0.2, 0.25) is 0 Å². The molecule has 0 fully saturated rings. The second-order valence-corrected chi connectivity index (χ2v) is 0.811. The van der Waals surface area contributed by atoms with Crippen LogP contribution in [-0.2, 0) is 0 Å². The number of halogens is 1. The van der Waals surface area contributed by atoms with Crippen molar-refractivity contribution in [2.45, 2.75) is 0 Å². The van der Waals surface area contributed by atoms with Gasteiger partial charge in [-0.2, -0.15) is 0 Å². The van der Waals surface area contributed by atoms with Gasteiger partial charge in [0.2, 0.25) is 0 Å². The molecule has 0 aromatic carbocycles. The summed E-state index contributed by atoms with van der Waals surface area (Å²) in [6, 6.07) is 1.72. The van der Waals surface area contributed by atoms with Crippen LogP contribution in [0.3, 0.4) is 0 Å². The third kappa shape index (κ3) is 3.45. The second-order valence-electron chi connectivity index (χ2n) is 0.811. The lowest BCUT2D eigenvalue weighted by Gasteiger charge is -1.68. The van der Waals surface area contributed by atoms with Crippen molar-refractivity contribution in [3.05, 3.63) is 18.5 Å². The van der Waals surface area contributed by atoms with E-state index in [0.717, 1.165) is 0 Å². The van der Waals surface area contributed by atoms with E-state index in [2.05, 4.69) is 15.4 Å². The minimum Gasteiger partial charge on any atom is -1.00 e. The van der Waals surface area contributed by atoms with Crippen molar-refractivity contribution in [3.8, 4) is 0 Å². The molecule has 1 aromatic rings. The van der Waals surface area contributed by atoms with Crippen molar-refractivity contribution in [2.75, 3.05) is 0 Å². The van der Waals surface area contributed by atoms with E-state index in [0.29, 0.717) is 0 Å². The van der Waals surface area contributed by atoms with Gasteiger partial charge in [-0.25, -0.2) is 0 Å². The third-order valence-corrected chi connectivity index (χ3v) is 0.409. The monoisotopic (exact) mass is 134 g/mol. The highest BCUT2D eigenvalue weighted by Crippen LogP contribution is 1.61. The molecule has 1 aromatic heterocycles. The van der Waals surface area contributed by atoms with E-state index in [1.165, 1.54) is 0 Å². The Balaban J connectivity index is 0. The molecule has 4 N–H and O–H groups in total. The fourth-order valence-electron chi connectivity index (χ4n) is 0.205. The van der Waals surface area contributed by atoms with Crippen LogP contribution < -0.4 is 18.6 Å². The van der Waals surface area contributed by atoms with E-state index in [9.17, 15) is 0 Å². The van der Waals surface area contributed by atoms with Crippen LogP contribution in [-0.4, -0.2) is 15.4 Å². The highest BCUT2D eigenvalue weighted by Gasteiger charge is 1.60. The Bertz CT molecular complexity index is 83.2. The molecular weight excluding hydrogens is 128 g/mol. The van der Waals surface area contributed by atoms with Crippen molar-refractivity contribution >= 4 is 0 Å². The fraction of sp³-hybridized carbons (Fsp3) is 0. The highest BCUT2D eigenvalue weighted by atomic mass is 35.5. The summed E-state index contributed by atoms with van der Waals surface area (Å²) in [5.41, 5.74) is 0. The Morgan fingerprint density at radius 1 is 1.00 bits per heavy atom. The summed E-state index contributed by atoms with van der Waals surface area (Å²) in [6.45, 7) is 0. The number of rotatable bonds is 0. The lowest BCUT2D eigenvalue weighted by Crippen LogP contribution is -3.00. The van der Waals surface area contributed by atoms with Gasteiger partial charge < -0.3 is 18.6 Å². The van der Waals surface area contributed by atoms with Gasteiger partial charge in [-0.1, -0.05) is 0 Å². The number of quaternary nitrogens is 1. The van der Waals surface area contributed by atoms with Crippen LogP contribution in [0.4, 0.5) is 0 Å². The Morgan fingerprint density at radius 3 is 1.62 bits per heavy atom. The van der Waals surface area contributed by atoms with Crippen LogP contribution in [0.15, 0.2) is 18.5 Å². The maximum Gasteiger partial charge on any atom is 0.0529 e. The zero-order chi connectivity index (χ0) is 4.24. The molecule has 5 heteroatoms. The standard InChI is InChI=1S/C3H3N3.ClH.H3N/c1-2-4-6-5-3-1;;/h1-3H;1H;1H3. The Hall–Kier alpha value is -0.740. The number of aromatic nitrogens is 3. The smallest absolute Gasteiger partial charge is 0.0529 e. The molecule has 0 spiro atoms. The molecule has 4 nitrogen and oxygen atoms in total. The van der Waals surface area contributed by atoms with Gasteiger partial charge in [-0.3, -0.25) is 0 Å². The molecular formula is C3H7ClN4. The Kier molecular flexibility index (Phi) is 8.05. The lowest BCUT2D eigenvalue weighted by atomic mass is 10.7. The van der Waals surface area contributed by atoms with Gasteiger partial charge >= 0.3 is 0 Å². The first-order chi connectivity index (χ1) is 3.00. The molecule has 0 aliphatic heterocycles. The van der Waals surface area contributed by atoms with E-state index in [4.69, 9.17) is 0 Å². The molecule has 46 valence electrons. The van der Waals surface area contributed by atoms with E-state index >= 15 is 0 Å². The lowest BCUT2D eigenvalue weighted by molar-refractivity contribution is -0.00000186. The van der Waals surface area contributed by atoms with Crippen LogP contribution in [0, 0.1) is 0 Å². The predicted octanol–water partition coefficient (Wildman–Crippen LogP) is -2.75. The van der Waals surface area contributed by atoms with E-state index in [1.54, 1.807) is 18.5 Å². The molecule has 1 heterocycles. The molecule has 0 bridgehead atoms. The zero-order valence-electron chi connectivity index (χ0n) is 4.45. The summed E-state index contributed by atoms with van der Waals surface area (Å²) in [7, 11) is 0. The first kappa shape index (κ1) is 10.3. The summed E-state index contributed by atoms with van der Waals surface area (Å²) in [6.07, 6.45) is 3.15. The normalized spacial score (nSPS) is 6.00. The molecule has 0 atom stereocenters. The largest absolute Gasteiger partial charge is 1.00 e. The summed E-state index contributed by atoms with van der Waals surface area (Å²) in [5.74, 6) is 0.